The number of pyridine rings is 2. The Balaban J connectivity index is 1.40. The number of para-hydroxylation sites is 1. The van der Waals surface area contributed by atoms with Gasteiger partial charge in [0, 0.05) is 41.8 Å². The number of rotatable bonds is 6. The van der Waals surface area contributed by atoms with Crippen molar-refractivity contribution >= 4 is 39.6 Å². The minimum absolute atomic E-state index is 0.0488. The SMILES string of the molecule is CNc1cc(-c2cccnc2Nc2c(C)ccc3c(Nc4cccc5c4OC(F)(F)O5)nccc23)ncn1. The topological polar surface area (TPSA) is 106 Å². The molecule has 2 aromatic carbocycles. The quantitative estimate of drug-likeness (QED) is 0.243. The van der Waals surface area contributed by atoms with E-state index in [2.05, 4.69) is 40.6 Å². The van der Waals surface area contributed by atoms with Crippen LogP contribution in [0.5, 0.6) is 11.5 Å². The Morgan fingerprint density at radius 3 is 2.55 bits per heavy atom. The van der Waals surface area contributed by atoms with E-state index in [9.17, 15) is 8.78 Å². The molecule has 11 heteroatoms. The number of aryl methyl sites for hydroxylation is 1. The van der Waals surface area contributed by atoms with Crippen LogP contribution in [0.4, 0.5) is 37.6 Å². The lowest BCUT2D eigenvalue weighted by molar-refractivity contribution is -0.286. The second kappa shape index (κ2) is 9.11. The average Bonchev–Trinajstić information content (AvgIpc) is 3.25. The first-order chi connectivity index (χ1) is 18.4. The van der Waals surface area contributed by atoms with Crippen LogP contribution in [0.1, 0.15) is 5.56 Å². The van der Waals surface area contributed by atoms with Crippen LogP contribution in [0.2, 0.25) is 0 Å². The minimum Gasteiger partial charge on any atom is -0.395 e. The first-order valence-electron chi connectivity index (χ1n) is 11.7. The molecule has 0 aliphatic carbocycles. The summed E-state index contributed by atoms with van der Waals surface area (Å²) in [5.74, 6) is 1.64. The molecule has 0 saturated carbocycles. The van der Waals surface area contributed by atoms with Gasteiger partial charge in [0.15, 0.2) is 11.5 Å². The van der Waals surface area contributed by atoms with E-state index in [0.29, 0.717) is 28.8 Å². The summed E-state index contributed by atoms with van der Waals surface area (Å²) in [4.78, 5) is 17.6. The van der Waals surface area contributed by atoms with E-state index in [1.165, 1.54) is 12.4 Å². The molecule has 0 bridgehead atoms. The van der Waals surface area contributed by atoms with Gasteiger partial charge >= 0.3 is 6.29 Å². The summed E-state index contributed by atoms with van der Waals surface area (Å²) in [6.07, 6.45) is 1.12. The second-order valence-corrected chi connectivity index (χ2v) is 8.50. The van der Waals surface area contributed by atoms with Crippen LogP contribution in [0, 0.1) is 6.92 Å². The zero-order chi connectivity index (χ0) is 26.3. The van der Waals surface area contributed by atoms with Crippen molar-refractivity contribution in [1.29, 1.82) is 0 Å². The second-order valence-electron chi connectivity index (χ2n) is 8.50. The molecule has 0 spiro atoms. The van der Waals surface area contributed by atoms with Gasteiger partial charge in [-0.25, -0.2) is 19.9 Å². The van der Waals surface area contributed by atoms with E-state index in [1.54, 1.807) is 31.6 Å². The fourth-order valence-corrected chi connectivity index (χ4v) is 4.30. The number of nitrogens with zero attached hydrogens (tertiary/aromatic N) is 4. The number of aromatic nitrogens is 4. The van der Waals surface area contributed by atoms with Crippen LogP contribution in [0.3, 0.4) is 0 Å². The van der Waals surface area contributed by atoms with Crippen molar-refractivity contribution in [2.45, 2.75) is 13.2 Å². The summed E-state index contributed by atoms with van der Waals surface area (Å²) >= 11 is 0. The largest absolute Gasteiger partial charge is 0.586 e. The number of anilines is 5. The van der Waals surface area contributed by atoms with Gasteiger partial charge in [0.05, 0.1) is 17.1 Å². The number of benzene rings is 2. The first-order valence-corrected chi connectivity index (χ1v) is 11.7. The van der Waals surface area contributed by atoms with E-state index < -0.39 is 6.29 Å². The van der Waals surface area contributed by atoms with Gasteiger partial charge in [-0.1, -0.05) is 18.2 Å². The molecule has 38 heavy (non-hydrogen) atoms. The minimum atomic E-state index is -3.72. The standard InChI is InChI=1S/C27H21F2N7O2/c1-15-8-9-17-16(10-12-32-25(17)35-19-6-3-7-21-24(19)38-27(28,29)37-21)23(15)36-26-18(5-4-11-31-26)20-13-22(30-2)34-14-33-20/h3-14H,1-2H3,(H,31,36)(H,32,35)(H,30,33,34). The third-order valence-electron chi connectivity index (χ3n) is 6.09. The first kappa shape index (κ1) is 23.3. The Morgan fingerprint density at radius 2 is 1.68 bits per heavy atom. The number of fused-ring (bicyclic) bond motifs is 2. The maximum absolute atomic E-state index is 13.7. The van der Waals surface area contributed by atoms with Crippen molar-refractivity contribution in [3.63, 3.8) is 0 Å². The van der Waals surface area contributed by atoms with Crippen molar-refractivity contribution in [2.75, 3.05) is 23.0 Å². The number of nitrogens with one attached hydrogen (secondary N) is 3. The Kier molecular flexibility index (Phi) is 5.60. The Morgan fingerprint density at radius 1 is 0.816 bits per heavy atom. The smallest absolute Gasteiger partial charge is 0.395 e. The molecular formula is C27H21F2N7O2. The molecule has 1 aliphatic rings. The van der Waals surface area contributed by atoms with Crippen LogP contribution < -0.4 is 25.4 Å². The molecule has 0 atom stereocenters. The number of hydrogen-bond donors (Lipinski definition) is 3. The highest BCUT2D eigenvalue weighted by Crippen LogP contribution is 2.47. The lowest BCUT2D eigenvalue weighted by atomic mass is 10.0. The molecule has 6 rings (SSSR count). The van der Waals surface area contributed by atoms with Gasteiger partial charge < -0.3 is 25.4 Å². The van der Waals surface area contributed by atoms with Crippen LogP contribution in [0.25, 0.3) is 22.0 Å². The van der Waals surface area contributed by atoms with Gasteiger partial charge in [-0.15, -0.1) is 8.78 Å². The van der Waals surface area contributed by atoms with Gasteiger partial charge in [-0.3, -0.25) is 0 Å². The maximum Gasteiger partial charge on any atom is 0.586 e. The molecule has 0 fully saturated rings. The molecule has 3 aromatic heterocycles. The zero-order valence-electron chi connectivity index (χ0n) is 20.3. The molecule has 1 aliphatic heterocycles. The Labute approximate surface area is 215 Å². The van der Waals surface area contributed by atoms with Gasteiger partial charge in [0.1, 0.15) is 23.8 Å². The number of alkyl halides is 2. The van der Waals surface area contributed by atoms with Crippen molar-refractivity contribution < 1.29 is 18.3 Å². The van der Waals surface area contributed by atoms with E-state index in [0.717, 1.165) is 27.6 Å². The summed E-state index contributed by atoms with van der Waals surface area (Å²) in [7, 11) is 1.79. The normalized spacial score (nSPS) is 13.4. The van der Waals surface area contributed by atoms with Gasteiger partial charge in [0.2, 0.25) is 0 Å². The molecule has 3 N–H and O–H groups in total. The summed E-state index contributed by atoms with van der Waals surface area (Å²) in [6.45, 7) is 1.99. The molecular weight excluding hydrogens is 492 g/mol. The van der Waals surface area contributed by atoms with Crippen LogP contribution in [-0.2, 0) is 0 Å². The molecule has 0 radical (unpaired) electrons. The molecule has 0 saturated heterocycles. The molecule has 9 nitrogen and oxygen atoms in total. The van der Waals surface area contributed by atoms with E-state index in [4.69, 9.17) is 4.74 Å². The molecule has 5 aromatic rings. The van der Waals surface area contributed by atoms with Crippen molar-refractivity contribution in [3.05, 3.63) is 78.9 Å². The monoisotopic (exact) mass is 513 g/mol. The third kappa shape index (κ3) is 4.23. The third-order valence-corrected chi connectivity index (χ3v) is 6.09. The van der Waals surface area contributed by atoms with E-state index >= 15 is 0 Å². The zero-order valence-corrected chi connectivity index (χ0v) is 20.3. The number of ether oxygens (including phenoxy) is 2. The summed E-state index contributed by atoms with van der Waals surface area (Å²) < 4.78 is 36.7. The van der Waals surface area contributed by atoms with Gasteiger partial charge in [-0.2, -0.15) is 0 Å². The van der Waals surface area contributed by atoms with Crippen molar-refractivity contribution in [3.8, 4) is 22.8 Å². The lowest BCUT2D eigenvalue weighted by Crippen LogP contribution is -2.26. The van der Waals surface area contributed by atoms with Crippen molar-refractivity contribution in [2.24, 2.45) is 0 Å². The summed E-state index contributed by atoms with van der Waals surface area (Å²) in [5, 5.41) is 11.2. The molecule has 190 valence electrons. The number of halogens is 2. The highest BCUT2D eigenvalue weighted by Gasteiger charge is 2.44. The summed E-state index contributed by atoms with van der Waals surface area (Å²) in [6, 6.07) is 16.0. The van der Waals surface area contributed by atoms with Gasteiger partial charge in [-0.05, 0) is 42.8 Å². The molecule has 0 amide bonds. The average molecular weight is 514 g/mol. The lowest BCUT2D eigenvalue weighted by Gasteiger charge is -2.17. The highest BCUT2D eigenvalue weighted by molar-refractivity contribution is 6.03. The van der Waals surface area contributed by atoms with E-state index in [1.807, 2.05) is 43.3 Å². The fraction of sp³-hybridized carbons (Fsp3) is 0.111. The predicted octanol–water partition coefficient (Wildman–Crippen LogP) is 6.25. The number of hydrogen-bond acceptors (Lipinski definition) is 9. The van der Waals surface area contributed by atoms with Crippen molar-refractivity contribution in [1.82, 2.24) is 19.9 Å². The van der Waals surface area contributed by atoms with Crippen LogP contribution in [0.15, 0.2) is 73.3 Å². The Hall–Kier alpha value is -5.06. The van der Waals surface area contributed by atoms with E-state index in [-0.39, 0.29) is 11.5 Å². The Bertz CT molecular complexity index is 1680. The highest BCUT2D eigenvalue weighted by atomic mass is 19.3. The summed E-state index contributed by atoms with van der Waals surface area (Å²) in [5.41, 5.74) is 3.61. The molecule has 4 heterocycles. The maximum atomic E-state index is 13.7. The van der Waals surface area contributed by atoms with Crippen LogP contribution >= 0.6 is 0 Å². The molecule has 0 unspecified atom stereocenters. The van der Waals surface area contributed by atoms with Gasteiger partial charge in [0.25, 0.3) is 0 Å². The fourth-order valence-electron chi connectivity index (χ4n) is 4.30. The van der Waals surface area contributed by atoms with Crippen LogP contribution in [-0.4, -0.2) is 33.3 Å². The predicted molar refractivity (Wildman–Crippen MR) is 141 cm³/mol.